The van der Waals surface area contributed by atoms with E-state index in [4.69, 9.17) is 16.3 Å². The molecule has 0 aliphatic heterocycles. The SMILES string of the molecule is COCc1nc(Cl)cc(N(C)c2cc(C)cc(C)c2)n1. The van der Waals surface area contributed by atoms with Crippen LogP contribution in [0, 0.1) is 13.8 Å². The highest BCUT2D eigenvalue weighted by Gasteiger charge is 2.10. The largest absolute Gasteiger partial charge is 0.377 e. The van der Waals surface area contributed by atoms with Crippen molar-refractivity contribution < 1.29 is 4.74 Å². The topological polar surface area (TPSA) is 38.2 Å². The molecule has 0 amide bonds. The highest BCUT2D eigenvalue weighted by molar-refractivity contribution is 6.29. The molecular weight excluding hydrogens is 274 g/mol. The first kappa shape index (κ1) is 14.8. The van der Waals surface area contributed by atoms with E-state index in [1.54, 1.807) is 13.2 Å². The molecule has 0 radical (unpaired) electrons. The minimum Gasteiger partial charge on any atom is -0.377 e. The van der Waals surface area contributed by atoms with Gasteiger partial charge in [-0.3, -0.25) is 0 Å². The second-order valence-electron chi connectivity index (χ2n) is 4.80. The maximum Gasteiger partial charge on any atom is 0.158 e. The fourth-order valence-corrected chi connectivity index (χ4v) is 2.29. The number of anilines is 2. The Morgan fingerprint density at radius 3 is 2.35 bits per heavy atom. The molecule has 5 heteroatoms. The van der Waals surface area contributed by atoms with Crippen molar-refractivity contribution >= 4 is 23.1 Å². The molecule has 1 aromatic heterocycles. The monoisotopic (exact) mass is 291 g/mol. The van der Waals surface area contributed by atoms with Crippen LogP contribution < -0.4 is 4.90 Å². The van der Waals surface area contributed by atoms with Gasteiger partial charge >= 0.3 is 0 Å². The second kappa shape index (κ2) is 6.20. The van der Waals surface area contributed by atoms with Crippen LogP contribution >= 0.6 is 11.6 Å². The summed E-state index contributed by atoms with van der Waals surface area (Å²) in [4.78, 5) is 10.6. The Morgan fingerprint density at radius 1 is 1.10 bits per heavy atom. The number of ether oxygens (including phenoxy) is 1. The van der Waals surface area contributed by atoms with E-state index in [0.717, 1.165) is 11.5 Å². The van der Waals surface area contributed by atoms with Gasteiger partial charge in [-0.15, -0.1) is 0 Å². The summed E-state index contributed by atoms with van der Waals surface area (Å²) in [6.07, 6.45) is 0. The molecule has 0 saturated carbocycles. The van der Waals surface area contributed by atoms with Gasteiger partial charge in [0.25, 0.3) is 0 Å². The number of aromatic nitrogens is 2. The summed E-state index contributed by atoms with van der Waals surface area (Å²) >= 11 is 6.05. The molecule has 2 aromatic rings. The van der Waals surface area contributed by atoms with Gasteiger partial charge in [0.1, 0.15) is 17.6 Å². The molecule has 0 bridgehead atoms. The Bertz CT molecular complexity index is 596. The van der Waals surface area contributed by atoms with Gasteiger partial charge in [-0.05, 0) is 37.1 Å². The van der Waals surface area contributed by atoms with Gasteiger partial charge in [0.15, 0.2) is 5.82 Å². The van der Waals surface area contributed by atoms with Crippen LogP contribution in [0.3, 0.4) is 0 Å². The minimum absolute atomic E-state index is 0.342. The van der Waals surface area contributed by atoms with E-state index in [0.29, 0.717) is 17.6 Å². The lowest BCUT2D eigenvalue weighted by atomic mass is 10.1. The Labute approximate surface area is 124 Å². The fraction of sp³-hybridized carbons (Fsp3) is 0.333. The number of hydrogen-bond acceptors (Lipinski definition) is 4. The summed E-state index contributed by atoms with van der Waals surface area (Å²) in [5.74, 6) is 1.33. The summed E-state index contributed by atoms with van der Waals surface area (Å²) in [6, 6.07) is 8.11. The molecule has 4 nitrogen and oxygen atoms in total. The predicted molar refractivity (Wildman–Crippen MR) is 81.7 cm³/mol. The lowest BCUT2D eigenvalue weighted by Gasteiger charge is -2.20. The van der Waals surface area contributed by atoms with Crippen LogP contribution in [-0.4, -0.2) is 24.1 Å². The molecule has 1 aromatic carbocycles. The average molecular weight is 292 g/mol. The van der Waals surface area contributed by atoms with Gasteiger partial charge in [0, 0.05) is 25.9 Å². The average Bonchev–Trinajstić information content (AvgIpc) is 2.36. The Hall–Kier alpha value is -1.65. The molecule has 1 heterocycles. The van der Waals surface area contributed by atoms with Crippen molar-refractivity contribution in [1.82, 2.24) is 9.97 Å². The van der Waals surface area contributed by atoms with E-state index in [2.05, 4.69) is 42.0 Å². The standard InChI is InChI=1S/C15H18ClN3O/c1-10-5-11(2)7-12(6-10)19(3)15-8-13(16)17-14(18-15)9-20-4/h5-8H,9H2,1-4H3. The van der Waals surface area contributed by atoms with E-state index in [-0.39, 0.29) is 0 Å². The van der Waals surface area contributed by atoms with Crippen molar-refractivity contribution in [3.63, 3.8) is 0 Å². The van der Waals surface area contributed by atoms with Crippen molar-refractivity contribution in [3.05, 3.63) is 46.4 Å². The molecule has 0 aliphatic carbocycles. The summed E-state index contributed by atoms with van der Waals surface area (Å²) in [6.45, 7) is 4.50. The third-order valence-electron chi connectivity index (χ3n) is 2.94. The molecule has 20 heavy (non-hydrogen) atoms. The van der Waals surface area contributed by atoms with Crippen LogP contribution in [0.5, 0.6) is 0 Å². The Balaban J connectivity index is 2.39. The molecule has 0 aliphatic rings. The van der Waals surface area contributed by atoms with Gasteiger partial charge in [0.2, 0.25) is 0 Å². The van der Waals surface area contributed by atoms with Crippen molar-refractivity contribution in [2.45, 2.75) is 20.5 Å². The van der Waals surface area contributed by atoms with E-state index in [1.807, 2.05) is 11.9 Å². The van der Waals surface area contributed by atoms with E-state index >= 15 is 0 Å². The molecular formula is C15H18ClN3O. The lowest BCUT2D eigenvalue weighted by molar-refractivity contribution is 0.178. The van der Waals surface area contributed by atoms with Crippen LogP contribution in [0.25, 0.3) is 0 Å². The summed E-state index contributed by atoms with van der Waals surface area (Å²) in [7, 11) is 3.57. The minimum atomic E-state index is 0.342. The third-order valence-corrected chi connectivity index (χ3v) is 3.13. The van der Waals surface area contributed by atoms with Crippen molar-refractivity contribution in [2.24, 2.45) is 0 Å². The van der Waals surface area contributed by atoms with E-state index in [9.17, 15) is 0 Å². The zero-order valence-electron chi connectivity index (χ0n) is 12.1. The van der Waals surface area contributed by atoms with Gasteiger partial charge in [-0.2, -0.15) is 0 Å². The lowest BCUT2D eigenvalue weighted by Crippen LogP contribution is -2.13. The number of hydrogen-bond donors (Lipinski definition) is 0. The van der Waals surface area contributed by atoms with Crippen LogP contribution in [0.1, 0.15) is 17.0 Å². The molecule has 0 N–H and O–H groups in total. The Kier molecular flexibility index (Phi) is 4.57. The zero-order chi connectivity index (χ0) is 14.7. The van der Waals surface area contributed by atoms with Crippen molar-refractivity contribution in [1.29, 1.82) is 0 Å². The highest BCUT2D eigenvalue weighted by atomic mass is 35.5. The number of rotatable bonds is 4. The first-order valence-electron chi connectivity index (χ1n) is 6.34. The molecule has 0 spiro atoms. The third kappa shape index (κ3) is 3.46. The Morgan fingerprint density at radius 2 is 1.75 bits per heavy atom. The second-order valence-corrected chi connectivity index (χ2v) is 5.19. The predicted octanol–water partition coefficient (Wildman–Crippen LogP) is 3.66. The molecule has 0 unspecified atom stereocenters. The number of methoxy groups -OCH3 is 1. The molecule has 106 valence electrons. The number of nitrogens with zero attached hydrogens (tertiary/aromatic N) is 3. The molecule has 0 atom stereocenters. The zero-order valence-corrected chi connectivity index (χ0v) is 12.9. The maximum atomic E-state index is 6.05. The first-order chi connectivity index (χ1) is 9.49. The number of aryl methyl sites for hydroxylation is 2. The number of halogens is 1. The summed E-state index contributed by atoms with van der Waals surface area (Å²) < 4.78 is 5.06. The van der Waals surface area contributed by atoms with Crippen LogP contribution in [0.4, 0.5) is 11.5 Å². The highest BCUT2D eigenvalue weighted by Crippen LogP contribution is 2.25. The maximum absolute atomic E-state index is 6.05. The smallest absolute Gasteiger partial charge is 0.158 e. The molecule has 0 saturated heterocycles. The van der Waals surface area contributed by atoms with E-state index in [1.165, 1.54) is 11.1 Å². The number of benzene rings is 1. The van der Waals surface area contributed by atoms with Crippen LogP contribution in [0.2, 0.25) is 5.15 Å². The van der Waals surface area contributed by atoms with Gasteiger partial charge < -0.3 is 9.64 Å². The quantitative estimate of drug-likeness (QED) is 0.806. The van der Waals surface area contributed by atoms with E-state index < -0.39 is 0 Å². The molecule has 0 fully saturated rings. The van der Waals surface area contributed by atoms with Gasteiger partial charge in [0.05, 0.1) is 0 Å². The molecule has 2 rings (SSSR count). The normalized spacial score (nSPS) is 10.7. The van der Waals surface area contributed by atoms with Crippen LogP contribution in [-0.2, 0) is 11.3 Å². The van der Waals surface area contributed by atoms with Gasteiger partial charge in [-0.25, -0.2) is 9.97 Å². The van der Waals surface area contributed by atoms with Crippen molar-refractivity contribution in [3.8, 4) is 0 Å². The first-order valence-corrected chi connectivity index (χ1v) is 6.72. The van der Waals surface area contributed by atoms with Crippen molar-refractivity contribution in [2.75, 3.05) is 19.1 Å². The fourth-order valence-electron chi connectivity index (χ4n) is 2.09. The van der Waals surface area contributed by atoms with Gasteiger partial charge in [-0.1, -0.05) is 17.7 Å². The summed E-state index contributed by atoms with van der Waals surface area (Å²) in [5, 5.41) is 0.415. The summed E-state index contributed by atoms with van der Waals surface area (Å²) in [5.41, 5.74) is 3.49. The van der Waals surface area contributed by atoms with Crippen LogP contribution in [0.15, 0.2) is 24.3 Å².